The van der Waals surface area contributed by atoms with Gasteiger partial charge in [0.2, 0.25) is 0 Å². The minimum absolute atomic E-state index is 0.893. The molecule has 3 nitrogen and oxygen atoms in total. The van der Waals surface area contributed by atoms with Gasteiger partial charge in [0.25, 0.3) is 0 Å². The van der Waals surface area contributed by atoms with E-state index in [1.807, 2.05) is 42.6 Å². The fourth-order valence-corrected chi connectivity index (χ4v) is 2.09. The number of benzene rings is 1. The van der Waals surface area contributed by atoms with Crippen LogP contribution in [-0.2, 0) is 0 Å². The summed E-state index contributed by atoms with van der Waals surface area (Å²) in [5.74, 6) is 0. The van der Waals surface area contributed by atoms with Crippen LogP contribution in [0.25, 0.3) is 22.3 Å². The summed E-state index contributed by atoms with van der Waals surface area (Å²) in [4.78, 5) is 9.05. The maximum Gasteiger partial charge on any atom is 0.0906 e. The van der Waals surface area contributed by atoms with Crippen molar-refractivity contribution in [3.63, 3.8) is 0 Å². The van der Waals surface area contributed by atoms with Crippen molar-refractivity contribution in [1.29, 1.82) is 0 Å². The Labute approximate surface area is 112 Å². The van der Waals surface area contributed by atoms with Crippen LogP contribution >= 0.6 is 0 Å². The third-order valence-corrected chi connectivity index (χ3v) is 3.00. The summed E-state index contributed by atoms with van der Waals surface area (Å²) in [7, 11) is 0. The predicted octanol–water partition coefficient (Wildman–Crippen LogP) is 3.73. The standard InChI is InChI=1S/C16H15N3/c1-2-17-13-9-10-18-16(11-13)15-8-7-12-5-3-4-6-14(12)19-15/h3-11H,2H2,1H3,(H,17,18). The predicted molar refractivity (Wildman–Crippen MR) is 79.1 cm³/mol. The van der Waals surface area contributed by atoms with Crippen LogP contribution < -0.4 is 5.32 Å². The molecule has 0 aliphatic rings. The van der Waals surface area contributed by atoms with Crippen LogP contribution in [0.3, 0.4) is 0 Å². The summed E-state index contributed by atoms with van der Waals surface area (Å²) in [5.41, 5.74) is 3.86. The molecular weight excluding hydrogens is 234 g/mol. The molecule has 2 heterocycles. The zero-order valence-electron chi connectivity index (χ0n) is 10.8. The average molecular weight is 249 g/mol. The number of aromatic nitrogens is 2. The Kier molecular flexibility index (Phi) is 3.11. The molecule has 0 fully saturated rings. The molecule has 0 atom stereocenters. The Hall–Kier alpha value is -2.42. The van der Waals surface area contributed by atoms with Crippen LogP contribution in [0.2, 0.25) is 0 Å². The van der Waals surface area contributed by atoms with Crippen molar-refractivity contribution >= 4 is 16.6 Å². The van der Waals surface area contributed by atoms with Gasteiger partial charge < -0.3 is 5.32 Å². The summed E-state index contributed by atoms with van der Waals surface area (Å²) in [5, 5.41) is 4.43. The second-order valence-electron chi connectivity index (χ2n) is 4.35. The molecule has 3 rings (SSSR count). The van der Waals surface area contributed by atoms with Crippen LogP contribution in [0, 0.1) is 0 Å². The summed E-state index contributed by atoms with van der Waals surface area (Å²) in [6.45, 7) is 2.98. The van der Waals surface area contributed by atoms with Gasteiger partial charge in [-0.05, 0) is 31.2 Å². The maximum absolute atomic E-state index is 4.66. The third kappa shape index (κ3) is 2.40. The number of para-hydroxylation sites is 1. The molecule has 1 N–H and O–H groups in total. The Morgan fingerprint density at radius 3 is 2.79 bits per heavy atom. The van der Waals surface area contributed by atoms with E-state index in [2.05, 4.69) is 34.3 Å². The first-order chi connectivity index (χ1) is 9.36. The molecule has 0 saturated heterocycles. The number of fused-ring (bicyclic) bond motifs is 1. The number of nitrogens with one attached hydrogen (secondary N) is 1. The topological polar surface area (TPSA) is 37.8 Å². The smallest absolute Gasteiger partial charge is 0.0906 e. The lowest BCUT2D eigenvalue weighted by Gasteiger charge is -2.06. The van der Waals surface area contributed by atoms with Crippen LogP contribution in [0.5, 0.6) is 0 Å². The number of hydrogen-bond acceptors (Lipinski definition) is 3. The lowest BCUT2D eigenvalue weighted by atomic mass is 10.1. The summed E-state index contributed by atoms with van der Waals surface area (Å²) < 4.78 is 0. The Morgan fingerprint density at radius 1 is 1.00 bits per heavy atom. The minimum atomic E-state index is 0.893. The second kappa shape index (κ2) is 5.06. The lowest BCUT2D eigenvalue weighted by molar-refractivity contribution is 1.19. The molecule has 0 amide bonds. The highest BCUT2D eigenvalue weighted by Gasteiger charge is 2.03. The first-order valence-electron chi connectivity index (χ1n) is 6.43. The fraction of sp³-hybridized carbons (Fsp3) is 0.125. The molecule has 0 unspecified atom stereocenters. The zero-order chi connectivity index (χ0) is 13.1. The largest absolute Gasteiger partial charge is 0.385 e. The molecule has 2 aromatic heterocycles. The molecule has 0 aliphatic heterocycles. The van der Waals surface area contributed by atoms with Gasteiger partial charge in [-0.25, -0.2) is 4.98 Å². The molecule has 1 aromatic carbocycles. The molecule has 19 heavy (non-hydrogen) atoms. The highest BCUT2D eigenvalue weighted by molar-refractivity contribution is 5.81. The highest BCUT2D eigenvalue weighted by Crippen LogP contribution is 2.21. The summed E-state index contributed by atoms with van der Waals surface area (Å²) in [6.07, 6.45) is 1.81. The minimum Gasteiger partial charge on any atom is -0.385 e. The number of anilines is 1. The molecule has 0 aliphatic carbocycles. The van der Waals surface area contributed by atoms with Gasteiger partial charge in [0.1, 0.15) is 0 Å². The second-order valence-corrected chi connectivity index (χ2v) is 4.35. The van der Waals surface area contributed by atoms with Gasteiger partial charge in [0.05, 0.1) is 16.9 Å². The first-order valence-corrected chi connectivity index (χ1v) is 6.43. The van der Waals surface area contributed by atoms with Crippen molar-refractivity contribution in [2.24, 2.45) is 0 Å². The molecule has 0 radical (unpaired) electrons. The van der Waals surface area contributed by atoms with E-state index in [4.69, 9.17) is 0 Å². The van der Waals surface area contributed by atoms with Crippen molar-refractivity contribution in [2.45, 2.75) is 6.92 Å². The van der Waals surface area contributed by atoms with Gasteiger partial charge in [0, 0.05) is 23.8 Å². The SMILES string of the molecule is CCNc1ccnc(-c2ccc3ccccc3n2)c1. The van der Waals surface area contributed by atoms with Gasteiger partial charge in [-0.3, -0.25) is 4.98 Å². The monoisotopic (exact) mass is 249 g/mol. The number of rotatable bonds is 3. The van der Waals surface area contributed by atoms with Crippen LogP contribution in [0.4, 0.5) is 5.69 Å². The fourth-order valence-electron chi connectivity index (χ4n) is 2.09. The maximum atomic E-state index is 4.66. The molecule has 0 spiro atoms. The van der Waals surface area contributed by atoms with Gasteiger partial charge >= 0.3 is 0 Å². The average Bonchev–Trinajstić information content (AvgIpc) is 2.47. The summed E-state index contributed by atoms with van der Waals surface area (Å²) in [6, 6.07) is 16.2. The van der Waals surface area contributed by atoms with E-state index in [9.17, 15) is 0 Å². The molecule has 3 aromatic rings. The van der Waals surface area contributed by atoms with Crippen LogP contribution in [0.15, 0.2) is 54.7 Å². The Balaban J connectivity index is 2.05. The highest BCUT2D eigenvalue weighted by atomic mass is 14.9. The Bertz CT molecular complexity index is 707. The molecule has 0 bridgehead atoms. The van der Waals surface area contributed by atoms with Gasteiger partial charge in [0.15, 0.2) is 0 Å². The molecule has 0 saturated carbocycles. The van der Waals surface area contributed by atoms with Crippen molar-refractivity contribution in [3.8, 4) is 11.4 Å². The number of pyridine rings is 2. The number of nitrogens with zero attached hydrogens (tertiary/aromatic N) is 2. The quantitative estimate of drug-likeness (QED) is 0.768. The van der Waals surface area contributed by atoms with E-state index >= 15 is 0 Å². The third-order valence-electron chi connectivity index (χ3n) is 3.00. The van der Waals surface area contributed by atoms with Gasteiger partial charge in [-0.15, -0.1) is 0 Å². The molecule has 3 heteroatoms. The van der Waals surface area contributed by atoms with E-state index in [-0.39, 0.29) is 0 Å². The molecule has 94 valence electrons. The van der Waals surface area contributed by atoms with E-state index in [1.54, 1.807) is 0 Å². The van der Waals surface area contributed by atoms with E-state index < -0.39 is 0 Å². The lowest BCUT2D eigenvalue weighted by Crippen LogP contribution is -1.97. The van der Waals surface area contributed by atoms with Crippen LogP contribution in [-0.4, -0.2) is 16.5 Å². The van der Waals surface area contributed by atoms with Crippen LogP contribution in [0.1, 0.15) is 6.92 Å². The van der Waals surface area contributed by atoms with Gasteiger partial charge in [-0.2, -0.15) is 0 Å². The van der Waals surface area contributed by atoms with Crippen molar-refractivity contribution < 1.29 is 0 Å². The number of hydrogen-bond donors (Lipinski definition) is 1. The van der Waals surface area contributed by atoms with Crippen molar-refractivity contribution in [3.05, 3.63) is 54.7 Å². The van der Waals surface area contributed by atoms with Crippen molar-refractivity contribution in [1.82, 2.24) is 9.97 Å². The van der Waals surface area contributed by atoms with Gasteiger partial charge in [-0.1, -0.05) is 24.3 Å². The van der Waals surface area contributed by atoms with E-state index in [0.29, 0.717) is 0 Å². The first kappa shape index (κ1) is 11.7. The van der Waals surface area contributed by atoms with E-state index in [1.165, 1.54) is 0 Å². The zero-order valence-corrected chi connectivity index (χ0v) is 10.8. The summed E-state index contributed by atoms with van der Waals surface area (Å²) >= 11 is 0. The Morgan fingerprint density at radius 2 is 1.89 bits per heavy atom. The van der Waals surface area contributed by atoms with Crippen molar-refractivity contribution in [2.75, 3.05) is 11.9 Å². The van der Waals surface area contributed by atoms with E-state index in [0.717, 1.165) is 34.5 Å². The normalized spacial score (nSPS) is 10.6. The molecular formula is C16H15N3.